The van der Waals surface area contributed by atoms with Crippen LogP contribution in [0.2, 0.25) is 0 Å². The van der Waals surface area contributed by atoms with Crippen LogP contribution in [0.15, 0.2) is 60.5 Å². The van der Waals surface area contributed by atoms with E-state index in [9.17, 15) is 9.90 Å². The van der Waals surface area contributed by atoms with E-state index in [4.69, 9.17) is 4.98 Å². The second kappa shape index (κ2) is 13.0. The van der Waals surface area contributed by atoms with Gasteiger partial charge in [0.1, 0.15) is 0 Å². The number of aromatic nitrogens is 2. The van der Waals surface area contributed by atoms with Crippen LogP contribution >= 0.6 is 0 Å². The van der Waals surface area contributed by atoms with E-state index >= 15 is 0 Å². The van der Waals surface area contributed by atoms with Gasteiger partial charge in [0.05, 0.1) is 5.76 Å². The van der Waals surface area contributed by atoms with Crippen LogP contribution in [0.25, 0.3) is 49.0 Å². The van der Waals surface area contributed by atoms with Gasteiger partial charge in [0.25, 0.3) is 0 Å². The van der Waals surface area contributed by atoms with E-state index in [1.54, 1.807) is 0 Å². The van der Waals surface area contributed by atoms with Crippen molar-refractivity contribution in [3.8, 4) is 0 Å². The first-order chi connectivity index (χ1) is 21.9. The first kappa shape index (κ1) is 35.0. The molecular weight excluding hydrogens is 757 g/mol. The maximum absolute atomic E-state index is 11.7. The zero-order valence-electron chi connectivity index (χ0n) is 29.5. The SMILES string of the molecule is CCC(CC)C(=O)/C=C(\O)C(CC)CC.Cc1[c-]c2c3nccc4cc5c(c(c43)n3c4ccccc4c(c1)c23)C(C)(C)CC5(C)C.[Ir]. The number of nitrogens with zero attached hydrogens (tertiary/aromatic N) is 2. The number of carbonyl (C=O) groups excluding carboxylic acids is 1. The molecule has 4 nitrogen and oxygen atoms in total. The van der Waals surface area contributed by atoms with Crippen LogP contribution in [0.4, 0.5) is 0 Å². The van der Waals surface area contributed by atoms with Gasteiger partial charge in [0.2, 0.25) is 0 Å². The van der Waals surface area contributed by atoms with Gasteiger partial charge in [-0.25, -0.2) is 0 Å². The topological polar surface area (TPSA) is 54.6 Å². The van der Waals surface area contributed by atoms with Crippen molar-refractivity contribution in [1.29, 1.82) is 0 Å². The van der Waals surface area contributed by atoms with Crippen molar-refractivity contribution < 1.29 is 30.0 Å². The number of allylic oxidation sites excluding steroid dienone is 2. The van der Waals surface area contributed by atoms with Gasteiger partial charge in [0.15, 0.2) is 5.78 Å². The molecule has 0 bridgehead atoms. The Bertz CT molecular complexity index is 2130. The van der Waals surface area contributed by atoms with E-state index in [1.807, 2.05) is 33.9 Å². The summed E-state index contributed by atoms with van der Waals surface area (Å²) in [5, 5.41) is 16.1. The smallest absolute Gasteiger partial charge is 0.162 e. The third kappa shape index (κ3) is 5.68. The number of carbonyl (C=O) groups is 1. The van der Waals surface area contributed by atoms with Crippen LogP contribution < -0.4 is 0 Å². The number of para-hydroxylation sites is 1. The normalized spacial score (nSPS) is 15.6. The molecule has 0 aliphatic heterocycles. The average Bonchev–Trinajstić information content (AvgIpc) is 3.43. The molecule has 249 valence electrons. The third-order valence-corrected chi connectivity index (χ3v) is 10.7. The number of pyridine rings is 2. The maximum Gasteiger partial charge on any atom is 0.162 e. The molecule has 6 aromatic rings. The number of hydrogen-bond acceptors (Lipinski definition) is 3. The van der Waals surface area contributed by atoms with Gasteiger partial charge >= 0.3 is 0 Å². The fourth-order valence-electron chi connectivity index (χ4n) is 8.60. The molecule has 7 rings (SSSR count). The molecule has 1 aliphatic rings. The van der Waals surface area contributed by atoms with Crippen molar-refractivity contribution in [3.63, 3.8) is 0 Å². The Hall–Kier alpha value is -3.27. The summed E-state index contributed by atoms with van der Waals surface area (Å²) < 4.78 is 2.54. The predicted octanol–water partition coefficient (Wildman–Crippen LogP) is 11.3. The van der Waals surface area contributed by atoms with Crippen molar-refractivity contribution >= 4 is 54.8 Å². The number of benzene rings is 3. The van der Waals surface area contributed by atoms with Crippen LogP contribution in [0.1, 0.15) is 104 Å². The number of fused-ring (bicyclic) bond motifs is 7. The molecule has 0 spiro atoms. The third-order valence-electron chi connectivity index (χ3n) is 10.7. The van der Waals surface area contributed by atoms with Crippen molar-refractivity contribution in [2.24, 2.45) is 11.8 Å². The van der Waals surface area contributed by atoms with Gasteiger partial charge in [-0.1, -0.05) is 97.4 Å². The summed E-state index contributed by atoms with van der Waals surface area (Å²) in [4.78, 5) is 16.7. The zero-order chi connectivity index (χ0) is 33.1. The molecule has 3 aromatic heterocycles. The van der Waals surface area contributed by atoms with Crippen molar-refractivity contribution in [2.45, 2.75) is 105 Å². The van der Waals surface area contributed by atoms with Crippen molar-refractivity contribution in [1.82, 2.24) is 9.38 Å². The van der Waals surface area contributed by atoms with E-state index in [0.29, 0.717) is 0 Å². The second-order valence-electron chi connectivity index (χ2n) is 14.8. The van der Waals surface area contributed by atoms with E-state index in [-0.39, 0.29) is 54.3 Å². The average molecular weight is 806 g/mol. The molecule has 47 heavy (non-hydrogen) atoms. The van der Waals surface area contributed by atoms with Gasteiger partial charge < -0.3 is 14.5 Å². The van der Waals surface area contributed by atoms with Gasteiger partial charge in [-0.05, 0) is 93.4 Å². The van der Waals surface area contributed by atoms with Crippen LogP contribution in [0.3, 0.4) is 0 Å². The Morgan fingerprint density at radius 3 is 2.26 bits per heavy atom. The fourth-order valence-corrected chi connectivity index (χ4v) is 8.60. The molecule has 0 unspecified atom stereocenters. The molecule has 3 heterocycles. The predicted molar refractivity (Wildman–Crippen MR) is 195 cm³/mol. The Kier molecular flexibility index (Phi) is 9.67. The summed E-state index contributed by atoms with van der Waals surface area (Å²) in [6.07, 6.45) is 8.03. The van der Waals surface area contributed by atoms with E-state index in [2.05, 4.69) is 87.6 Å². The Balaban J connectivity index is 0.000000234. The largest absolute Gasteiger partial charge is 0.512 e. The van der Waals surface area contributed by atoms with E-state index in [1.165, 1.54) is 55.3 Å². The molecule has 3 aromatic carbocycles. The van der Waals surface area contributed by atoms with Crippen LogP contribution in [0, 0.1) is 24.8 Å². The van der Waals surface area contributed by atoms with Gasteiger partial charge in [-0.3, -0.25) is 4.79 Å². The molecule has 0 atom stereocenters. The first-order valence-electron chi connectivity index (χ1n) is 17.3. The molecule has 1 aliphatic carbocycles. The zero-order valence-corrected chi connectivity index (χ0v) is 31.9. The minimum Gasteiger partial charge on any atom is -0.512 e. The maximum atomic E-state index is 11.7. The first-order valence-corrected chi connectivity index (χ1v) is 17.3. The number of aliphatic hydroxyl groups is 1. The number of ketones is 1. The summed E-state index contributed by atoms with van der Waals surface area (Å²) in [5.41, 5.74) is 9.36. The molecule has 0 amide bonds. The van der Waals surface area contributed by atoms with Crippen LogP contribution in [-0.4, -0.2) is 20.3 Å². The van der Waals surface area contributed by atoms with Gasteiger partial charge in [0, 0.05) is 55.2 Å². The van der Waals surface area contributed by atoms with Crippen LogP contribution in [-0.2, 0) is 35.7 Å². The molecule has 1 radical (unpaired) electrons. The fraction of sp³-hybridized carbons (Fsp3) is 0.429. The molecule has 0 saturated carbocycles. The monoisotopic (exact) mass is 806 g/mol. The molecular formula is C42H49IrN2O2-. The quantitative estimate of drug-likeness (QED) is 0.0575. The molecule has 1 N–H and O–H groups in total. The number of aliphatic hydroxyl groups excluding tert-OH is 1. The number of hydrogen-bond donors (Lipinski definition) is 1. The molecule has 5 heteroatoms. The Morgan fingerprint density at radius 1 is 0.936 bits per heavy atom. The van der Waals surface area contributed by atoms with Crippen LogP contribution in [0.5, 0.6) is 0 Å². The number of aryl methyl sites for hydroxylation is 1. The van der Waals surface area contributed by atoms with E-state index < -0.39 is 0 Å². The summed E-state index contributed by atoms with van der Waals surface area (Å²) in [5.74, 6) is 0.547. The molecule has 0 saturated heterocycles. The molecule has 0 fully saturated rings. The minimum atomic E-state index is 0. The van der Waals surface area contributed by atoms with E-state index in [0.717, 1.165) is 48.6 Å². The Labute approximate surface area is 293 Å². The summed E-state index contributed by atoms with van der Waals surface area (Å²) in [6.45, 7) is 19.8. The summed E-state index contributed by atoms with van der Waals surface area (Å²) in [7, 11) is 0. The summed E-state index contributed by atoms with van der Waals surface area (Å²) in [6, 6.07) is 19.4. The number of rotatable bonds is 7. The van der Waals surface area contributed by atoms with Gasteiger partial charge in [-0.15, -0.1) is 17.7 Å². The second-order valence-corrected chi connectivity index (χ2v) is 14.8. The van der Waals surface area contributed by atoms with Crippen molar-refractivity contribution in [2.75, 3.05) is 0 Å². The standard InChI is InChI=1S/C29H25N2.C13H24O2.Ir/c1-16-12-19-18-8-6-7-9-22(18)31-26(19)20(13-16)25-23-17(10-11-30-25)14-21-24(27(23)31)29(4,5)15-28(21,2)3;1-5-10(6-2)12(14)9-13(15)11(7-3)8-4;/h6-12,14H,15H2,1-5H3;9-11,14H,5-8H2,1-4H3;/q-1;;/b;12-9-;. The minimum absolute atomic E-state index is 0. The Morgan fingerprint density at radius 2 is 1.60 bits per heavy atom. The van der Waals surface area contributed by atoms with Gasteiger partial charge in [-0.2, -0.15) is 0 Å². The van der Waals surface area contributed by atoms with Crippen molar-refractivity contribution in [3.05, 3.63) is 83.3 Å². The summed E-state index contributed by atoms with van der Waals surface area (Å²) >= 11 is 0.